The lowest BCUT2D eigenvalue weighted by Gasteiger charge is -2.22. The van der Waals surface area contributed by atoms with Crippen LogP contribution in [0.15, 0.2) is 84.9 Å². The van der Waals surface area contributed by atoms with Crippen LogP contribution < -0.4 is 10.2 Å². The van der Waals surface area contributed by atoms with Crippen molar-refractivity contribution in [3.8, 4) is 6.07 Å². The van der Waals surface area contributed by atoms with Gasteiger partial charge in [0.05, 0.1) is 25.0 Å². The van der Waals surface area contributed by atoms with Gasteiger partial charge >= 0.3 is 5.97 Å². The largest absolute Gasteiger partial charge is 0.455 e. The zero-order valence-electron chi connectivity index (χ0n) is 18.9. The first-order valence-electron chi connectivity index (χ1n) is 11.0. The first kappa shape index (κ1) is 25.5. The Labute approximate surface area is 208 Å². The number of nitriles is 1. The van der Waals surface area contributed by atoms with Gasteiger partial charge in [0, 0.05) is 22.8 Å². The average Bonchev–Trinajstić information content (AvgIpc) is 2.88. The van der Waals surface area contributed by atoms with E-state index in [1.165, 1.54) is 4.90 Å². The van der Waals surface area contributed by atoms with E-state index in [0.717, 1.165) is 5.56 Å². The van der Waals surface area contributed by atoms with Crippen molar-refractivity contribution in [2.45, 2.75) is 18.9 Å². The number of ether oxygens (including phenoxy) is 1. The van der Waals surface area contributed by atoms with Gasteiger partial charge in [-0.25, -0.2) is 0 Å². The second-order valence-corrected chi connectivity index (χ2v) is 8.04. The number of anilines is 1. The number of hydrogen-bond acceptors (Lipinski definition) is 5. The van der Waals surface area contributed by atoms with Gasteiger partial charge in [0.25, 0.3) is 11.8 Å². The van der Waals surface area contributed by atoms with Crippen molar-refractivity contribution in [3.05, 3.63) is 101 Å². The molecule has 3 rings (SSSR count). The molecule has 1 atom stereocenters. The number of esters is 1. The van der Waals surface area contributed by atoms with Gasteiger partial charge in [0.15, 0.2) is 6.61 Å². The van der Waals surface area contributed by atoms with E-state index in [1.807, 2.05) is 30.3 Å². The standard InChI is InChI=1S/C27H24ClN3O4/c28-22-13-7-14-23(17-22)31(16-8-15-29)25(32)19-35-26(33)18-24(20-9-3-1-4-10-20)30-27(34)21-11-5-2-6-12-21/h1-7,9-14,17,24H,8,16,18-19H2,(H,30,34). The Morgan fingerprint density at radius 2 is 1.66 bits per heavy atom. The molecule has 0 saturated carbocycles. The third-order valence-electron chi connectivity index (χ3n) is 5.14. The Morgan fingerprint density at radius 1 is 0.971 bits per heavy atom. The van der Waals surface area contributed by atoms with Crippen molar-refractivity contribution in [1.29, 1.82) is 5.26 Å². The van der Waals surface area contributed by atoms with Crippen LogP contribution in [-0.2, 0) is 14.3 Å². The lowest BCUT2D eigenvalue weighted by Crippen LogP contribution is -2.36. The quantitative estimate of drug-likeness (QED) is 0.416. The molecule has 0 aliphatic heterocycles. The third kappa shape index (κ3) is 7.70. The normalized spacial score (nSPS) is 11.1. The van der Waals surface area contributed by atoms with Gasteiger partial charge < -0.3 is 15.0 Å². The molecule has 3 aromatic carbocycles. The molecule has 8 heteroatoms. The number of carbonyl (C=O) groups excluding carboxylic acids is 3. The first-order chi connectivity index (χ1) is 17.0. The highest BCUT2D eigenvalue weighted by atomic mass is 35.5. The van der Waals surface area contributed by atoms with Crippen LogP contribution >= 0.6 is 11.6 Å². The molecule has 0 heterocycles. The number of hydrogen-bond donors (Lipinski definition) is 1. The molecular formula is C27H24ClN3O4. The molecule has 0 aromatic heterocycles. The maximum atomic E-state index is 12.8. The topological polar surface area (TPSA) is 99.5 Å². The summed E-state index contributed by atoms with van der Waals surface area (Å²) in [6.07, 6.45) is -0.0565. The molecule has 35 heavy (non-hydrogen) atoms. The number of rotatable bonds is 10. The van der Waals surface area contributed by atoms with Gasteiger partial charge in [-0.05, 0) is 35.9 Å². The number of benzene rings is 3. The first-order valence-corrected chi connectivity index (χ1v) is 11.3. The van der Waals surface area contributed by atoms with Gasteiger partial charge in [0.1, 0.15) is 0 Å². The summed E-state index contributed by atoms with van der Waals surface area (Å²) in [6.45, 7) is -0.377. The summed E-state index contributed by atoms with van der Waals surface area (Å²) in [5.74, 6) is -1.46. The lowest BCUT2D eigenvalue weighted by molar-refractivity contribution is -0.148. The number of halogens is 1. The second-order valence-electron chi connectivity index (χ2n) is 7.60. The van der Waals surface area contributed by atoms with E-state index in [0.29, 0.717) is 16.3 Å². The Kier molecular flexibility index (Phi) is 9.40. The molecule has 0 spiro atoms. The van der Waals surface area contributed by atoms with Crippen molar-refractivity contribution in [2.24, 2.45) is 0 Å². The van der Waals surface area contributed by atoms with Gasteiger partial charge in [-0.1, -0.05) is 66.2 Å². The van der Waals surface area contributed by atoms with E-state index < -0.39 is 24.5 Å². The minimum Gasteiger partial charge on any atom is -0.455 e. The molecule has 0 saturated heterocycles. The van der Waals surface area contributed by atoms with Crippen LogP contribution in [0.3, 0.4) is 0 Å². The average molecular weight is 490 g/mol. The molecular weight excluding hydrogens is 466 g/mol. The van der Waals surface area contributed by atoms with Crippen LogP contribution in [0, 0.1) is 11.3 Å². The fourth-order valence-electron chi connectivity index (χ4n) is 3.42. The predicted molar refractivity (Wildman–Crippen MR) is 133 cm³/mol. The Balaban J connectivity index is 1.66. The fourth-order valence-corrected chi connectivity index (χ4v) is 3.60. The Bertz CT molecular complexity index is 1200. The Hall–Kier alpha value is -4.15. The highest BCUT2D eigenvalue weighted by Gasteiger charge is 2.22. The van der Waals surface area contributed by atoms with E-state index in [-0.39, 0.29) is 25.3 Å². The van der Waals surface area contributed by atoms with Gasteiger partial charge in [-0.3, -0.25) is 14.4 Å². The highest BCUT2D eigenvalue weighted by Crippen LogP contribution is 2.21. The summed E-state index contributed by atoms with van der Waals surface area (Å²) in [5, 5.41) is 12.2. The molecule has 0 fully saturated rings. The SMILES string of the molecule is N#CCCN(C(=O)COC(=O)CC(NC(=O)c1ccccc1)c1ccccc1)c1cccc(Cl)c1. The molecule has 2 amide bonds. The smallest absolute Gasteiger partial charge is 0.308 e. The minimum absolute atomic E-state index is 0.105. The summed E-state index contributed by atoms with van der Waals surface area (Å²) < 4.78 is 5.26. The summed E-state index contributed by atoms with van der Waals surface area (Å²) in [7, 11) is 0. The van der Waals surface area contributed by atoms with Crippen LogP contribution in [0.4, 0.5) is 5.69 Å². The maximum Gasteiger partial charge on any atom is 0.308 e. The van der Waals surface area contributed by atoms with E-state index in [4.69, 9.17) is 21.6 Å². The number of nitrogens with zero attached hydrogens (tertiary/aromatic N) is 2. The molecule has 0 bridgehead atoms. The number of carbonyl (C=O) groups is 3. The highest BCUT2D eigenvalue weighted by molar-refractivity contribution is 6.30. The van der Waals surface area contributed by atoms with E-state index in [9.17, 15) is 14.4 Å². The third-order valence-corrected chi connectivity index (χ3v) is 5.37. The molecule has 7 nitrogen and oxygen atoms in total. The van der Waals surface area contributed by atoms with Gasteiger partial charge in [-0.2, -0.15) is 5.26 Å². The summed E-state index contributed by atoms with van der Waals surface area (Å²) in [5.41, 5.74) is 1.70. The zero-order valence-corrected chi connectivity index (χ0v) is 19.6. The molecule has 1 N–H and O–H groups in total. The molecule has 0 radical (unpaired) electrons. The van der Waals surface area contributed by atoms with Crippen LogP contribution in [-0.4, -0.2) is 30.9 Å². The minimum atomic E-state index is -0.646. The molecule has 0 aliphatic rings. The van der Waals surface area contributed by atoms with Crippen molar-refractivity contribution in [3.63, 3.8) is 0 Å². The monoisotopic (exact) mass is 489 g/mol. The molecule has 178 valence electrons. The number of amides is 2. The van der Waals surface area contributed by atoms with Gasteiger partial charge in [-0.15, -0.1) is 0 Å². The summed E-state index contributed by atoms with van der Waals surface area (Å²) >= 11 is 6.03. The maximum absolute atomic E-state index is 12.8. The predicted octanol–water partition coefficient (Wildman–Crippen LogP) is 4.69. The van der Waals surface area contributed by atoms with E-state index in [1.54, 1.807) is 60.7 Å². The van der Waals surface area contributed by atoms with Gasteiger partial charge in [0.2, 0.25) is 0 Å². The zero-order chi connectivity index (χ0) is 25.0. The van der Waals surface area contributed by atoms with Crippen LogP contribution in [0.25, 0.3) is 0 Å². The lowest BCUT2D eigenvalue weighted by atomic mass is 10.0. The Morgan fingerprint density at radius 3 is 2.31 bits per heavy atom. The summed E-state index contributed by atoms with van der Waals surface area (Å²) in [4.78, 5) is 39.5. The fraction of sp³-hybridized carbons (Fsp3) is 0.185. The molecule has 1 unspecified atom stereocenters. The van der Waals surface area contributed by atoms with Crippen LogP contribution in [0.2, 0.25) is 5.02 Å². The summed E-state index contributed by atoms with van der Waals surface area (Å²) in [6, 6.07) is 25.7. The number of nitrogens with one attached hydrogen (secondary N) is 1. The van der Waals surface area contributed by atoms with Crippen molar-refractivity contribution in [1.82, 2.24) is 5.32 Å². The van der Waals surface area contributed by atoms with Crippen molar-refractivity contribution < 1.29 is 19.1 Å². The second kappa shape index (κ2) is 12.9. The molecule has 3 aromatic rings. The van der Waals surface area contributed by atoms with Crippen LogP contribution in [0.5, 0.6) is 0 Å². The molecule has 0 aliphatic carbocycles. The van der Waals surface area contributed by atoms with Crippen molar-refractivity contribution in [2.75, 3.05) is 18.1 Å². The van der Waals surface area contributed by atoms with Crippen LogP contribution in [0.1, 0.15) is 34.8 Å². The van der Waals surface area contributed by atoms with Crippen molar-refractivity contribution >= 4 is 35.1 Å². The van der Waals surface area contributed by atoms with E-state index in [2.05, 4.69) is 5.32 Å². The van der Waals surface area contributed by atoms with E-state index >= 15 is 0 Å².